The Bertz CT molecular complexity index is 1000. The predicted octanol–water partition coefficient (Wildman–Crippen LogP) is 2.43. The molecule has 2 aromatic heterocycles. The average molecular weight is 295 g/mol. The lowest BCUT2D eigenvalue weighted by molar-refractivity contribution is 0.689. The minimum atomic E-state index is -0.101. The van der Waals surface area contributed by atoms with E-state index in [9.17, 15) is 9.59 Å². The summed E-state index contributed by atoms with van der Waals surface area (Å²) in [6, 6.07) is 9.50. The van der Waals surface area contributed by atoms with Gasteiger partial charge in [-0.1, -0.05) is 18.2 Å². The maximum absolute atomic E-state index is 12.8. The van der Waals surface area contributed by atoms with E-state index in [1.807, 2.05) is 38.1 Å². The SMILES string of the molecule is Cc1ccccc1-n1[nH]c2cc(=O)n(C3CC3)c(C)c2c1=O. The Labute approximate surface area is 126 Å². The molecule has 0 saturated heterocycles. The second-order valence-corrected chi connectivity index (χ2v) is 6.00. The smallest absolute Gasteiger partial charge is 0.280 e. The molecule has 1 aromatic carbocycles. The molecule has 1 aliphatic carbocycles. The lowest BCUT2D eigenvalue weighted by Crippen LogP contribution is -2.22. The number of aromatic nitrogens is 3. The summed E-state index contributed by atoms with van der Waals surface area (Å²) in [5.74, 6) is 0. The molecule has 3 aromatic rings. The lowest BCUT2D eigenvalue weighted by Gasteiger charge is -2.07. The second-order valence-electron chi connectivity index (χ2n) is 6.00. The van der Waals surface area contributed by atoms with E-state index in [4.69, 9.17) is 0 Å². The summed E-state index contributed by atoms with van der Waals surface area (Å²) >= 11 is 0. The third-order valence-corrected chi connectivity index (χ3v) is 4.42. The van der Waals surface area contributed by atoms with E-state index >= 15 is 0 Å². The van der Waals surface area contributed by atoms with Crippen LogP contribution in [0.15, 0.2) is 39.9 Å². The molecule has 4 rings (SSSR count). The molecular formula is C17H17N3O2. The minimum absolute atomic E-state index is 0.0364. The van der Waals surface area contributed by atoms with Crippen LogP contribution < -0.4 is 11.1 Å². The van der Waals surface area contributed by atoms with Crippen LogP contribution >= 0.6 is 0 Å². The number of fused-ring (bicyclic) bond motifs is 1. The maximum atomic E-state index is 12.8. The van der Waals surface area contributed by atoms with Crippen molar-refractivity contribution in [1.29, 1.82) is 0 Å². The van der Waals surface area contributed by atoms with E-state index in [0.717, 1.165) is 29.8 Å². The van der Waals surface area contributed by atoms with E-state index < -0.39 is 0 Å². The number of aryl methyl sites for hydroxylation is 2. The summed E-state index contributed by atoms with van der Waals surface area (Å²) < 4.78 is 3.30. The Kier molecular flexibility index (Phi) is 2.66. The number of hydrogen-bond donors (Lipinski definition) is 1. The zero-order valence-electron chi connectivity index (χ0n) is 12.6. The first-order chi connectivity index (χ1) is 10.6. The van der Waals surface area contributed by atoms with E-state index in [1.54, 1.807) is 4.57 Å². The monoisotopic (exact) mass is 295 g/mol. The summed E-state index contributed by atoms with van der Waals surface area (Å²) in [6.45, 7) is 3.82. The highest BCUT2D eigenvalue weighted by molar-refractivity contribution is 5.80. The number of nitrogens with one attached hydrogen (secondary N) is 1. The zero-order valence-corrected chi connectivity index (χ0v) is 12.6. The molecule has 2 heterocycles. The third kappa shape index (κ3) is 1.78. The summed E-state index contributed by atoms with van der Waals surface area (Å²) in [5, 5.41) is 3.69. The van der Waals surface area contributed by atoms with Gasteiger partial charge in [0.15, 0.2) is 0 Å². The fourth-order valence-electron chi connectivity index (χ4n) is 3.16. The van der Waals surface area contributed by atoms with Crippen LogP contribution in [0.25, 0.3) is 16.6 Å². The largest absolute Gasteiger partial charge is 0.309 e. The van der Waals surface area contributed by atoms with Gasteiger partial charge in [-0.25, -0.2) is 4.68 Å². The fourth-order valence-corrected chi connectivity index (χ4v) is 3.16. The lowest BCUT2D eigenvalue weighted by atomic mass is 10.2. The van der Waals surface area contributed by atoms with Crippen molar-refractivity contribution in [3.8, 4) is 5.69 Å². The molecule has 0 spiro atoms. The van der Waals surface area contributed by atoms with E-state index in [1.165, 1.54) is 10.7 Å². The van der Waals surface area contributed by atoms with Gasteiger partial charge in [-0.05, 0) is 38.3 Å². The van der Waals surface area contributed by atoms with Crippen molar-refractivity contribution < 1.29 is 0 Å². The van der Waals surface area contributed by atoms with Crippen LogP contribution in [0.5, 0.6) is 0 Å². The molecule has 1 saturated carbocycles. The van der Waals surface area contributed by atoms with Crippen molar-refractivity contribution in [2.75, 3.05) is 0 Å². The van der Waals surface area contributed by atoms with Crippen molar-refractivity contribution >= 4 is 10.9 Å². The van der Waals surface area contributed by atoms with Crippen LogP contribution in [0.4, 0.5) is 0 Å². The van der Waals surface area contributed by atoms with Crippen LogP contribution in [0.1, 0.15) is 30.1 Å². The number of hydrogen-bond acceptors (Lipinski definition) is 2. The molecule has 0 unspecified atom stereocenters. The number of para-hydroxylation sites is 1. The first-order valence-corrected chi connectivity index (χ1v) is 7.51. The van der Waals surface area contributed by atoms with Crippen LogP contribution in [0.3, 0.4) is 0 Å². The standard InChI is InChI=1S/C17H17N3O2/c1-10-5-3-4-6-14(10)20-17(22)16-11(2)19(12-7-8-12)15(21)9-13(16)18-20/h3-6,9,12,18H,7-8H2,1-2H3. The summed E-state index contributed by atoms with van der Waals surface area (Å²) in [5.41, 5.74) is 3.05. The van der Waals surface area contributed by atoms with Crippen LogP contribution in [0, 0.1) is 13.8 Å². The molecule has 1 fully saturated rings. The molecule has 1 N–H and O–H groups in total. The van der Waals surface area contributed by atoms with Gasteiger partial charge in [-0.3, -0.25) is 14.7 Å². The second kappa shape index (κ2) is 4.47. The topological polar surface area (TPSA) is 59.8 Å². The van der Waals surface area contributed by atoms with E-state index in [2.05, 4.69) is 5.10 Å². The number of benzene rings is 1. The maximum Gasteiger partial charge on any atom is 0.280 e. The van der Waals surface area contributed by atoms with Gasteiger partial charge in [0.1, 0.15) is 0 Å². The zero-order chi connectivity index (χ0) is 15.4. The van der Waals surface area contributed by atoms with Gasteiger partial charge in [0.2, 0.25) is 0 Å². The number of pyridine rings is 1. The van der Waals surface area contributed by atoms with Gasteiger partial charge < -0.3 is 4.57 Å². The van der Waals surface area contributed by atoms with Crippen molar-refractivity contribution in [2.24, 2.45) is 0 Å². The molecule has 112 valence electrons. The highest BCUT2D eigenvalue weighted by Gasteiger charge is 2.27. The summed E-state index contributed by atoms with van der Waals surface area (Å²) in [6.07, 6.45) is 2.03. The van der Waals surface area contributed by atoms with Gasteiger partial charge in [0, 0.05) is 17.8 Å². The van der Waals surface area contributed by atoms with Gasteiger partial charge in [0.25, 0.3) is 11.1 Å². The Morgan fingerprint density at radius 3 is 2.55 bits per heavy atom. The van der Waals surface area contributed by atoms with Crippen LogP contribution in [-0.2, 0) is 0 Å². The molecule has 0 aliphatic heterocycles. The van der Waals surface area contributed by atoms with Crippen LogP contribution in [0.2, 0.25) is 0 Å². The third-order valence-electron chi connectivity index (χ3n) is 4.42. The fraction of sp³-hybridized carbons (Fsp3) is 0.294. The first-order valence-electron chi connectivity index (χ1n) is 7.51. The Hall–Kier alpha value is -2.56. The first kappa shape index (κ1) is 13.1. The summed E-state index contributed by atoms with van der Waals surface area (Å²) in [7, 11) is 0. The average Bonchev–Trinajstić information content (AvgIpc) is 3.24. The van der Waals surface area contributed by atoms with Crippen LogP contribution in [-0.4, -0.2) is 14.3 Å². The molecule has 1 aliphatic rings. The summed E-state index contributed by atoms with van der Waals surface area (Å²) in [4.78, 5) is 25.1. The molecule has 5 heteroatoms. The molecule has 0 bridgehead atoms. The molecular weight excluding hydrogens is 278 g/mol. The van der Waals surface area contributed by atoms with Crippen molar-refractivity contribution in [1.82, 2.24) is 14.3 Å². The quantitative estimate of drug-likeness (QED) is 0.789. The number of rotatable bonds is 2. The van der Waals surface area contributed by atoms with E-state index in [-0.39, 0.29) is 17.2 Å². The molecule has 0 amide bonds. The van der Waals surface area contributed by atoms with Crippen molar-refractivity contribution in [3.63, 3.8) is 0 Å². The highest BCUT2D eigenvalue weighted by Crippen LogP contribution is 2.35. The number of aromatic amines is 1. The highest BCUT2D eigenvalue weighted by atomic mass is 16.1. The predicted molar refractivity (Wildman–Crippen MR) is 85.9 cm³/mol. The number of nitrogens with zero attached hydrogens (tertiary/aromatic N) is 2. The molecule has 0 atom stereocenters. The molecule has 22 heavy (non-hydrogen) atoms. The Morgan fingerprint density at radius 1 is 1.14 bits per heavy atom. The molecule has 0 radical (unpaired) electrons. The van der Waals surface area contributed by atoms with Crippen molar-refractivity contribution in [2.45, 2.75) is 32.7 Å². The molecule has 5 nitrogen and oxygen atoms in total. The van der Waals surface area contributed by atoms with E-state index in [0.29, 0.717) is 10.9 Å². The Balaban J connectivity index is 2.06. The number of H-pyrrole nitrogens is 1. The van der Waals surface area contributed by atoms with Gasteiger partial charge in [0.05, 0.1) is 16.6 Å². The van der Waals surface area contributed by atoms with Gasteiger partial charge in [-0.2, -0.15) is 0 Å². The Morgan fingerprint density at radius 2 is 1.86 bits per heavy atom. The van der Waals surface area contributed by atoms with Gasteiger partial charge >= 0.3 is 0 Å². The van der Waals surface area contributed by atoms with Gasteiger partial charge in [-0.15, -0.1) is 0 Å². The minimum Gasteiger partial charge on any atom is -0.309 e. The normalized spacial score (nSPS) is 14.6. The van der Waals surface area contributed by atoms with Crippen molar-refractivity contribution in [3.05, 3.63) is 62.3 Å².